The Morgan fingerprint density at radius 3 is 2.23 bits per heavy atom. The lowest BCUT2D eigenvalue weighted by Gasteiger charge is -2.10. The minimum Gasteiger partial charge on any atom is -0.489 e. The van der Waals surface area contributed by atoms with Crippen molar-refractivity contribution in [3.63, 3.8) is 0 Å². The maximum absolute atomic E-state index is 11.2. The lowest BCUT2D eigenvalue weighted by Crippen LogP contribution is -2.00. The van der Waals surface area contributed by atoms with Crippen LogP contribution in [0.3, 0.4) is 0 Å². The van der Waals surface area contributed by atoms with Crippen molar-refractivity contribution in [2.24, 2.45) is 0 Å². The average molecular weight is 405 g/mol. The van der Waals surface area contributed by atoms with Gasteiger partial charge in [-0.15, -0.1) is 0 Å². The van der Waals surface area contributed by atoms with Crippen LogP contribution in [0.25, 0.3) is 11.1 Å². The van der Waals surface area contributed by atoms with Crippen LogP contribution in [0.15, 0.2) is 72.8 Å². The molecule has 0 atom stereocenters. The van der Waals surface area contributed by atoms with Crippen molar-refractivity contribution < 1.29 is 19.0 Å². The zero-order valence-electron chi connectivity index (χ0n) is 17.6. The molecule has 0 spiro atoms. The van der Waals surface area contributed by atoms with Crippen LogP contribution in [0, 0.1) is 0 Å². The first-order valence-electron chi connectivity index (χ1n) is 10.1. The highest BCUT2D eigenvalue weighted by Gasteiger charge is 2.04. The Bertz CT molecular complexity index is 947. The zero-order valence-corrected chi connectivity index (χ0v) is 17.6. The van der Waals surface area contributed by atoms with Gasteiger partial charge >= 0.3 is 5.97 Å². The number of aryl methyl sites for hydroxylation is 1. The van der Waals surface area contributed by atoms with Crippen LogP contribution in [0.2, 0.25) is 0 Å². The molecule has 30 heavy (non-hydrogen) atoms. The molecule has 0 unspecified atom stereocenters. The minimum atomic E-state index is -0.158. The van der Waals surface area contributed by atoms with E-state index in [-0.39, 0.29) is 5.97 Å². The molecule has 3 rings (SSSR count). The number of carbonyl (C=O) groups is 1. The predicted octanol–water partition coefficient (Wildman–Crippen LogP) is 5.57. The Balaban J connectivity index is 1.59. The summed E-state index contributed by atoms with van der Waals surface area (Å²) in [5.41, 5.74) is 5.72. The fraction of sp³-hybridized carbons (Fsp3) is 0.269. The maximum atomic E-state index is 11.2. The number of methoxy groups -OCH3 is 2. The fourth-order valence-electron chi connectivity index (χ4n) is 3.31. The van der Waals surface area contributed by atoms with Crippen molar-refractivity contribution in [2.75, 3.05) is 14.2 Å². The van der Waals surface area contributed by atoms with E-state index in [2.05, 4.69) is 53.3 Å². The van der Waals surface area contributed by atoms with Gasteiger partial charge in [-0.25, -0.2) is 0 Å². The lowest BCUT2D eigenvalue weighted by atomic mass is 10.0. The minimum absolute atomic E-state index is 0.158. The molecule has 0 heterocycles. The molecule has 0 aromatic heterocycles. The summed E-state index contributed by atoms with van der Waals surface area (Å²) in [5.74, 6) is 0.681. The standard InChI is InChI=1S/C26H28O4/c1-28-18-21-7-3-8-22(16-21)19-30-25-10-5-9-24(17-25)23-14-12-20(13-15-23)6-4-11-26(27)29-2/h3,5,7-10,12-17H,4,6,11,18-19H2,1-2H3. The number of hydrogen-bond acceptors (Lipinski definition) is 4. The molecular weight excluding hydrogens is 376 g/mol. The Morgan fingerprint density at radius 1 is 0.767 bits per heavy atom. The molecule has 3 aromatic carbocycles. The smallest absolute Gasteiger partial charge is 0.305 e. The second kappa shape index (κ2) is 11.2. The van der Waals surface area contributed by atoms with Gasteiger partial charge in [-0.05, 0) is 52.8 Å². The first kappa shape index (κ1) is 21.6. The molecule has 156 valence electrons. The van der Waals surface area contributed by atoms with E-state index in [1.807, 2.05) is 24.3 Å². The Hall–Kier alpha value is -3.11. The summed E-state index contributed by atoms with van der Waals surface area (Å²) in [5, 5.41) is 0. The van der Waals surface area contributed by atoms with Crippen LogP contribution in [-0.4, -0.2) is 20.2 Å². The van der Waals surface area contributed by atoms with Crippen molar-refractivity contribution in [3.05, 3.63) is 89.5 Å². The molecular formula is C26H28O4. The normalized spacial score (nSPS) is 10.6. The lowest BCUT2D eigenvalue weighted by molar-refractivity contribution is -0.140. The van der Waals surface area contributed by atoms with E-state index in [1.165, 1.54) is 12.7 Å². The SMILES string of the molecule is COCc1cccc(COc2cccc(-c3ccc(CCCC(=O)OC)cc3)c2)c1. The maximum Gasteiger partial charge on any atom is 0.305 e. The highest BCUT2D eigenvalue weighted by Crippen LogP contribution is 2.25. The third-order valence-electron chi connectivity index (χ3n) is 4.90. The summed E-state index contributed by atoms with van der Waals surface area (Å²) < 4.78 is 15.9. The largest absolute Gasteiger partial charge is 0.489 e. The van der Waals surface area contributed by atoms with E-state index < -0.39 is 0 Å². The van der Waals surface area contributed by atoms with Gasteiger partial charge in [-0.1, -0.05) is 60.7 Å². The van der Waals surface area contributed by atoms with Crippen molar-refractivity contribution in [1.82, 2.24) is 0 Å². The van der Waals surface area contributed by atoms with Gasteiger partial charge in [0, 0.05) is 13.5 Å². The third-order valence-corrected chi connectivity index (χ3v) is 4.90. The first-order valence-corrected chi connectivity index (χ1v) is 10.1. The summed E-state index contributed by atoms with van der Waals surface area (Å²) >= 11 is 0. The van der Waals surface area contributed by atoms with E-state index in [9.17, 15) is 4.79 Å². The molecule has 0 radical (unpaired) electrons. The Morgan fingerprint density at radius 2 is 1.50 bits per heavy atom. The number of rotatable bonds is 10. The molecule has 3 aromatic rings. The molecule has 0 aliphatic rings. The first-order chi connectivity index (χ1) is 14.7. The molecule has 0 saturated heterocycles. The van der Waals surface area contributed by atoms with E-state index in [0.717, 1.165) is 40.8 Å². The van der Waals surface area contributed by atoms with E-state index in [0.29, 0.717) is 19.6 Å². The van der Waals surface area contributed by atoms with Crippen LogP contribution in [-0.2, 0) is 33.9 Å². The fourth-order valence-corrected chi connectivity index (χ4v) is 3.31. The van der Waals surface area contributed by atoms with Crippen LogP contribution < -0.4 is 4.74 Å². The summed E-state index contributed by atoms with van der Waals surface area (Å²) in [6, 6.07) is 24.8. The average Bonchev–Trinajstić information content (AvgIpc) is 2.79. The molecule has 0 aliphatic carbocycles. The number of benzene rings is 3. The van der Waals surface area contributed by atoms with Crippen molar-refractivity contribution in [2.45, 2.75) is 32.5 Å². The molecule has 0 saturated carbocycles. The summed E-state index contributed by atoms with van der Waals surface area (Å²) in [7, 11) is 3.12. The molecule has 0 N–H and O–H groups in total. The van der Waals surface area contributed by atoms with E-state index in [4.69, 9.17) is 9.47 Å². The van der Waals surface area contributed by atoms with Crippen molar-refractivity contribution in [1.29, 1.82) is 0 Å². The van der Waals surface area contributed by atoms with Gasteiger partial charge in [0.25, 0.3) is 0 Å². The summed E-state index contributed by atoms with van der Waals surface area (Å²) in [6.45, 7) is 1.11. The van der Waals surface area contributed by atoms with E-state index in [1.54, 1.807) is 7.11 Å². The zero-order chi connectivity index (χ0) is 21.2. The third kappa shape index (κ3) is 6.46. The number of carbonyl (C=O) groups excluding carboxylic acids is 1. The van der Waals surface area contributed by atoms with Crippen LogP contribution in [0.4, 0.5) is 0 Å². The van der Waals surface area contributed by atoms with Crippen LogP contribution >= 0.6 is 0 Å². The molecule has 0 bridgehead atoms. The van der Waals surface area contributed by atoms with Crippen LogP contribution in [0.1, 0.15) is 29.5 Å². The molecule has 0 fully saturated rings. The van der Waals surface area contributed by atoms with Gasteiger partial charge in [0.15, 0.2) is 0 Å². The van der Waals surface area contributed by atoms with Gasteiger partial charge in [-0.3, -0.25) is 4.79 Å². The monoisotopic (exact) mass is 404 g/mol. The predicted molar refractivity (Wildman–Crippen MR) is 118 cm³/mol. The van der Waals surface area contributed by atoms with Gasteiger partial charge in [-0.2, -0.15) is 0 Å². The van der Waals surface area contributed by atoms with Gasteiger partial charge in [0.05, 0.1) is 13.7 Å². The number of ether oxygens (including phenoxy) is 3. The highest BCUT2D eigenvalue weighted by molar-refractivity contribution is 5.69. The highest BCUT2D eigenvalue weighted by atomic mass is 16.5. The summed E-state index contributed by atoms with van der Waals surface area (Å²) in [6.07, 6.45) is 2.10. The van der Waals surface area contributed by atoms with E-state index >= 15 is 0 Å². The topological polar surface area (TPSA) is 44.8 Å². The number of esters is 1. The van der Waals surface area contributed by atoms with Crippen molar-refractivity contribution >= 4 is 5.97 Å². The quantitative estimate of drug-likeness (QED) is 0.414. The van der Waals surface area contributed by atoms with Crippen LogP contribution in [0.5, 0.6) is 5.75 Å². The molecule has 4 heteroatoms. The molecule has 0 aliphatic heterocycles. The van der Waals surface area contributed by atoms with Gasteiger partial charge < -0.3 is 14.2 Å². The molecule has 4 nitrogen and oxygen atoms in total. The second-order valence-corrected chi connectivity index (χ2v) is 7.20. The van der Waals surface area contributed by atoms with Gasteiger partial charge in [0.2, 0.25) is 0 Å². The number of hydrogen-bond donors (Lipinski definition) is 0. The molecule has 0 amide bonds. The Kier molecular flexibility index (Phi) is 8.04. The second-order valence-electron chi connectivity index (χ2n) is 7.20. The van der Waals surface area contributed by atoms with Crippen molar-refractivity contribution in [3.8, 4) is 16.9 Å². The Labute approximate surface area is 178 Å². The summed E-state index contributed by atoms with van der Waals surface area (Å²) in [4.78, 5) is 11.2. The van der Waals surface area contributed by atoms with Gasteiger partial charge in [0.1, 0.15) is 12.4 Å².